The van der Waals surface area contributed by atoms with Gasteiger partial charge in [-0.15, -0.1) is 0 Å². The third-order valence-corrected chi connectivity index (χ3v) is 1.14. The van der Waals surface area contributed by atoms with Gasteiger partial charge in [-0.3, -0.25) is 0 Å². The van der Waals surface area contributed by atoms with Crippen LogP contribution in [0.15, 0.2) is 18.7 Å². The summed E-state index contributed by atoms with van der Waals surface area (Å²) in [7, 11) is 0. The quantitative estimate of drug-likeness (QED) is 0.541. The molecule has 0 bridgehead atoms. The molecule has 0 unspecified atom stereocenters. The van der Waals surface area contributed by atoms with Gasteiger partial charge in [-0.1, -0.05) is 11.8 Å². The number of nitrogens with zero attached hydrogens (tertiary/aromatic N) is 2. The molecule has 0 spiro atoms. The normalized spacial score (nSPS) is 10.2. The highest BCUT2D eigenvalue weighted by Crippen LogP contribution is 2.10. The number of rotatable bonds is 0. The topological polar surface area (TPSA) is 25.8 Å². The molecule has 2 heteroatoms. The molecule has 12 heavy (non-hydrogen) atoms. The first-order chi connectivity index (χ1) is 5.58. The van der Waals surface area contributed by atoms with E-state index in [0.717, 1.165) is 5.56 Å². The molecule has 1 aromatic rings. The molecule has 0 saturated heterocycles. The molecule has 0 radical (unpaired) electrons. The van der Waals surface area contributed by atoms with Crippen LogP contribution in [0.4, 0.5) is 0 Å². The van der Waals surface area contributed by atoms with E-state index in [1.165, 1.54) is 6.33 Å². The average Bonchev–Trinajstić information content (AvgIpc) is 2.02. The first kappa shape index (κ1) is 8.73. The Balaban J connectivity index is 2.81. The van der Waals surface area contributed by atoms with Crippen LogP contribution in [-0.4, -0.2) is 9.97 Å². The van der Waals surface area contributed by atoms with E-state index in [9.17, 15) is 0 Å². The maximum atomic E-state index is 3.87. The van der Waals surface area contributed by atoms with Crippen molar-refractivity contribution in [3.63, 3.8) is 0 Å². The minimum Gasteiger partial charge on any atom is -0.244 e. The summed E-state index contributed by atoms with van der Waals surface area (Å²) >= 11 is 0. The van der Waals surface area contributed by atoms with Gasteiger partial charge in [0.25, 0.3) is 0 Å². The van der Waals surface area contributed by atoms with Crippen molar-refractivity contribution < 1.29 is 0 Å². The van der Waals surface area contributed by atoms with Crippen LogP contribution in [0.25, 0.3) is 0 Å². The van der Waals surface area contributed by atoms with E-state index < -0.39 is 0 Å². The SMILES string of the molecule is CC(C)(C)C#Cc1cncnc1. The predicted octanol–water partition coefficient (Wildman–Crippen LogP) is 1.87. The molecule has 0 aliphatic carbocycles. The second-order valence-electron chi connectivity index (χ2n) is 3.63. The Kier molecular flexibility index (Phi) is 2.44. The molecule has 1 heterocycles. The van der Waals surface area contributed by atoms with E-state index in [2.05, 4.69) is 42.6 Å². The van der Waals surface area contributed by atoms with Crippen molar-refractivity contribution in [1.82, 2.24) is 9.97 Å². The number of hydrogen-bond acceptors (Lipinski definition) is 2. The van der Waals surface area contributed by atoms with Gasteiger partial charge in [0.1, 0.15) is 6.33 Å². The van der Waals surface area contributed by atoms with Crippen molar-refractivity contribution >= 4 is 0 Å². The van der Waals surface area contributed by atoms with Crippen LogP contribution >= 0.6 is 0 Å². The number of aromatic nitrogens is 2. The molecule has 0 fully saturated rings. The van der Waals surface area contributed by atoms with E-state index in [0.29, 0.717) is 0 Å². The van der Waals surface area contributed by atoms with Gasteiger partial charge < -0.3 is 0 Å². The van der Waals surface area contributed by atoms with Crippen LogP contribution in [0.5, 0.6) is 0 Å². The zero-order valence-electron chi connectivity index (χ0n) is 7.63. The molecule has 0 aliphatic rings. The molecule has 2 nitrogen and oxygen atoms in total. The third-order valence-electron chi connectivity index (χ3n) is 1.14. The molecule has 62 valence electrons. The lowest BCUT2D eigenvalue weighted by Gasteiger charge is -2.06. The minimum absolute atomic E-state index is 0.0375. The Labute approximate surface area is 73.1 Å². The van der Waals surface area contributed by atoms with Crippen LogP contribution in [0.1, 0.15) is 26.3 Å². The molecular weight excluding hydrogens is 148 g/mol. The average molecular weight is 160 g/mol. The molecule has 0 N–H and O–H groups in total. The molecule has 0 atom stereocenters. The summed E-state index contributed by atoms with van der Waals surface area (Å²) in [5.74, 6) is 6.12. The maximum Gasteiger partial charge on any atom is 0.115 e. The summed E-state index contributed by atoms with van der Waals surface area (Å²) < 4.78 is 0. The second kappa shape index (κ2) is 3.36. The van der Waals surface area contributed by atoms with Gasteiger partial charge in [-0.25, -0.2) is 9.97 Å². The molecule has 0 saturated carbocycles. The maximum absolute atomic E-state index is 3.87. The smallest absolute Gasteiger partial charge is 0.115 e. The Morgan fingerprint density at radius 3 is 2.25 bits per heavy atom. The lowest BCUT2D eigenvalue weighted by molar-refractivity contribution is 0.571. The van der Waals surface area contributed by atoms with Crippen LogP contribution in [0.2, 0.25) is 0 Å². The van der Waals surface area contributed by atoms with Gasteiger partial charge in [-0.05, 0) is 20.8 Å². The van der Waals surface area contributed by atoms with Crippen LogP contribution in [0, 0.1) is 17.3 Å². The van der Waals surface area contributed by atoms with Crippen molar-refractivity contribution in [1.29, 1.82) is 0 Å². The molecule has 1 rings (SSSR count). The Morgan fingerprint density at radius 2 is 1.75 bits per heavy atom. The Hall–Kier alpha value is -1.36. The summed E-state index contributed by atoms with van der Waals surface area (Å²) in [6.07, 6.45) is 4.93. The van der Waals surface area contributed by atoms with Gasteiger partial charge in [0.05, 0.1) is 5.56 Å². The van der Waals surface area contributed by atoms with Crippen LogP contribution in [0.3, 0.4) is 0 Å². The highest BCUT2D eigenvalue weighted by molar-refractivity contribution is 5.30. The van der Waals surface area contributed by atoms with Crippen LogP contribution < -0.4 is 0 Å². The first-order valence-electron chi connectivity index (χ1n) is 3.86. The lowest BCUT2D eigenvalue weighted by Crippen LogP contribution is -1.99. The third kappa shape index (κ3) is 3.16. The van der Waals surface area contributed by atoms with E-state index in [1.807, 2.05) is 0 Å². The van der Waals surface area contributed by atoms with E-state index in [1.54, 1.807) is 12.4 Å². The fourth-order valence-electron chi connectivity index (χ4n) is 0.623. The zero-order chi connectivity index (χ0) is 9.03. The molecule has 0 aliphatic heterocycles. The van der Waals surface area contributed by atoms with E-state index in [4.69, 9.17) is 0 Å². The highest BCUT2D eigenvalue weighted by Gasteiger charge is 2.02. The number of hydrogen-bond donors (Lipinski definition) is 0. The van der Waals surface area contributed by atoms with Gasteiger partial charge in [0.2, 0.25) is 0 Å². The summed E-state index contributed by atoms with van der Waals surface area (Å²) in [4.78, 5) is 7.74. The van der Waals surface area contributed by atoms with Crippen molar-refractivity contribution in [3.8, 4) is 11.8 Å². The molecular formula is C10H12N2. The molecule has 0 amide bonds. The molecule has 0 aromatic carbocycles. The van der Waals surface area contributed by atoms with Crippen molar-refractivity contribution in [3.05, 3.63) is 24.3 Å². The Morgan fingerprint density at radius 1 is 1.17 bits per heavy atom. The van der Waals surface area contributed by atoms with Gasteiger partial charge in [0.15, 0.2) is 0 Å². The first-order valence-corrected chi connectivity index (χ1v) is 3.86. The largest absolute Gasteiger partial charge is 0.244 e. The summed E-state index contributed by atoms with van der Waals surface area (Å²) in [6, 6.07) is 0. The minimum atomic E-state index is 0.0375. The zero-order valence-corrected chi connectivity index (χ0v) is 7.63. The predicted molar refractivity (Wildman–Crippen MR) is 48.4 cm³/mol. The van der Waals surface area contributed by atoms with Gasteiger partial charge in [0, 0.05) is 17.8 Å². The van der Waals surface area contributed by atoms with E-state index >= 15 is 0 Å². The van der Waals surface area contributed by atoms with Crippen molar-refractivity contribution in [2.24, 2.45) is 5.41 Å². The monoisotopic (exact) mass is 160 g/mol. The second-order valence-corrected chi connectivity index (χ2v) is 3.63. The van der Waals surface area contributed by atoms with Gasteiger partial charge >= 0.3 is 0 Å². The van der Waals surface area contributed by atoms with Crippen molar-refractivity contribution in [2.45, 2.75) is 20.8 Å². The fourth-order valence-corrected chi connectivity index (χ4v) is 0.623. The summed E-state index contributed by atoms with van der Waals surface area (Å²) in [6.45, 7) is 6.22. The van der Waals surface area contributed by atoms with E-state index in [-0.39, 0.29) is 5.41 Å². The molecule has 1 aromatic heterocycles. The summed E-state index contributed by atoms with van der Waals surface area (Å²) in [5, 5.41) is 0. The highest BCUT2D eigenvalue weighted by atomic mass is 14.8. The fraction of sp³-hybridized carbons (Fsp3) is 0.400. The van der Waals surface area contributed by atoms with Crippen LogP contribution in [-0.2, 0) is 0 Å². The lowest BCUT2D eigenvalue weighted by atomic mass is 9.98. The van der Waals surface area contributed by atoms with Crippen molar-refractivity contribution in [2.75, 3.05) is 0 Å². The standard InChI is InChI=1S/C10H12N2/c1-10(2,3)5-4-9-6-11-8-12-7-9/h6-8H,1-3H3. The van der Waals surface area contributed by atoms with Gasteiger partial charge in [-0.2, -0.15) is 0 Å². The summed E-state index contributed by atoms with van der Waals surface area (Å²) in [5.41, 5.74) is 0.906. The Bertz CT molecular complexity index is 298.